The quantitative estimate of drug-likeness (QED) is 0.562. The van der Waals surface area contributed by atoms with Crippen LogP contribution in [0.4, 0.5) is 10.5 Å². The number of hydrogen-bond donors (Lipinski definition) is 1. The van der Waals surface area contributed by atoms with Crippen molar-refractivity contribution >= 4 is 29.6 Å². The molecule has 2 heterocycles. The van der Waals surface area contributed by atoms with Gasteiger partial charge in [0, 0.05) is 24.4 Å². The summed E-state index contributed by atoms with van der Waals surface area (Å²) < 4.78 is 9.99. The lowest BCUT2D eigenvalue weighted by Gasteiger charge is -2.26. The predicted molar refractivity (Wildman–Crippen MR) is 115 cm³/mol. The normalized spacial score (nSPS) is 14.4. The minimum absolute atomic E-state index is 0.0842. The maximum absolute atomic E-state index is 12.8. The van der Waals surface area contributed by atoms with Gasteiger partial charge in [-0.15, -0.1) is 0 Å². The minimum Gasteiger partial charge on any atom is -0.467 e. The summed E-state index contributed by atoms with van der Waals surface area (Å²) in [5.74, 6) is -1.38. The Balaban J connectivity index is 1.75. The largest absolute Gasteiger partial charge is 0.467 e. The Morgan fingerprint density at radius 2 is 1.84 bits per heavy atom. The number of aromatic nitrogens is 1. The third-order valence-electron chi connectivity index (χ3n) is 4.74. The molecule has 1 aliphatic heterocycles. The van der Waals surface area contributed by atoms with Gasteiger partial charge in [0.15, 0.2) is 0 Å². The van der Waals surface area contributed by atoms with Crippen LogP contribution in [-0.2, 0) is 31.9 Å². The lowest BCUT2D eigenvalue weighted by atomic mass is 9.99. The summed E-state index contributed by atoms with van der Waals surface area (Å²) in [5.41, 5.74) is 1.44. The van der Waals surface area contributed by atoms with E-state index < -0.39 is 29.6 Å². The molecule has 32 heavy (non-hydrogen) atoms. The highest BCUT2D eigenvalue weighted by Gasteiger charge is 2.32. The van der Waals surface area contributed by atoms with Crippen molar-refractivity contribution in [2.75, 3.05) is 12.0 Å². The molecule has 0 saturated carbocycles. The van der Waals surface area contributed by atoms with Gasteiger partial charge in [-0.3, -0.25) is 14.6 Å². The van der Waals surface area contributed by atoms with Crippen molar-refractivity contribution in [2.24, 2.45) is 0 Å². The van der Waals surface area contributed by atoms with Crippen LogP contribution >= 0.6 is 0 Å². The molecule has 3 amide bonds. The molecular weight excluding hydrogens is 414 g/mol. The Labute approximate surface area is 185 Å². The first-order valence-electron chi connectivity index (χ1n) is 10.1. The molecular formula is C23H25N3O6. The van der Waals surface area contributed by atoms with Crippen molar-refractivity contribution in [2.45, 2.75) is 45.3 Å². The number of anilines is 1. The number of amides is 3. The molecule has 9 heteroatoms. The Bertz CT molecular complexity index is 1040. The van der Waals surface area contributed by atoms with Crippen molar-refractivity contribution < 1.29 is 28.7 Å². The number of pyridine rings is 1. The van der Waals surface area contributed by atoms with E-state index in [-0.39, 0.29) is 18.7 Å². The molecule has 2 aromatic rings. The number of imide groups is 1. The van der Waals surface area contributed by atoms with E-state index in [0.717, 1.165) is 4.90 Å². The molecule has 0 unspecified atom stereocenters. The molecule has 9 nitrogen and oxygen atoms in total. The topological polar surface area (TPSA) is 115 Å². The summed E-state index contributed by atoms with van der Waals surface area (Å²) in [5, 5.41) is 2.52. The van der Waals surface area contributed by atoms with Crippen LogP contribution in [0, 0.1) is 0 Å². The molecule has 0 bridgehead atoms. The summed E-state index contributed by atoms with van der Waals surface area (Å²) in [4.78, 5) is 54.7. The Morgan fingerprint density at radius 1 is 1.16 bits per heavy atom. The number of nitrogens with one attached hydrogen (secondary N) is 1. The molecule has 3 rings (SSSR count). The number of hydrogen-bond acceptors (Lipinski definition) is 7. The van der Waals surface area contributed by atoms with E-state index in [0.29, 0.717) is 22.4 Å². The van der Waals surface area contributed by atoms with Crippen LogP contribution in [0.1, 0.15) is 42.3 Å². The van der Waals surface area contributed by atoms with Crippen molar-refractivity contribution in [3.8, 4) is 0 Å². The smallest absolute Gasteiger partial charge is 0.408 e. The molecule has 0 saturated heterocycles. The van der Waals surface area contributed by atoms with Gasteiger partial charge < -0.3 is 14.8 Å². The van der Waals surface area contributed by atoms with E-state index in [2.05, 4.69) is 10.3 Å². The Kier molecular flexibility index (Phi) is 6.57. The van der Waals surface area contributed by atoms with Crippen molar-refractivity contribution in [3.63, 3.8) is 0 Å². The summed E-state index contributed by atoms with van der Waals surface area (Å²) in [7, 11) is 1.23. The molecule has 1 aromatic heterocycles. The third kappa shape index (κ3) is 5.29. The van der Waals surface area contributed by atoms with Gasteiger partial charge in [-0.1, -0.05) is 12.1 Å². The second-order valence-corrected chi connectivity index (χ2v) is 8.34. The molecule has 0 radical (unpaired) electrons. The third-order valence-corrected chi connectivity index (χ3v) is 4.74. The fourth-order valence-electron chi connectivity index (χ4n) is 3.32. The molecule has 1 aromatic carbocycles. The minimum atomic E-state index is -0.960. The van der Waals surface area contributed by atoms with Gasteiger partial charge in [-0.25, -0.2) is 14.5 Å². The molecule has 1 N–H and O–H groups in total. The van der Waals surface area contributed by atoms with E-state index in [1.165, 1.54) is 19.5 Å². The van der Waals surface area contributed by atoms with E-state index in [1.807, 2.05) is 0 Å². The maximum Gasteiger partial charge on any atom is 0.408 e. The Hall–Kier alpha value is -3.75. The monoisotopic (exact) mass is 439 g/mol. The van der Waals surface area contributed by atoms with E-state index in [1.54, 1.807) is 51.1 Å². The van der Waals surface area contributed by atoms with Gasteiger partial charge in [-0.2, -0.15) is 0 Å². The number of esters is 1. The SMILES string of the molecule is COC(=O)[C@H](Cc1ccc(N2C(=O)Cc3cnccc3C2=O)cc1)NC(=O)OC(C)(C)C. The van der Waals surface area contributed by atoms with Crippen LogP contribution < -0.4 is 10.2 Å². The number of nitrogens with zero attached hydrogens (tertiary/aromatic N) is 2. The number of fused-ring (bicyclic) bond motifs is 1. The number of ether oxygens (including phenoxy) is 2. The summed E-state index contributed by atoms with van der Waals surface area (Å²) >= 11 is 0. The molecule has 0 fully saturated rings. The van der Waals surface area contributed by atoms with Gasteiger partial charge in [0.1, 0.15) is 11.6 Å². The fraction of sp³-hybridized carbons (Fsp3) is 0.348. The highest BCUT2D eigenvalue weighted by molar-refractivity contribution is 6.24. The van der Waals surface area contributed by atoms with Crippen LogP contribution in [-0.4, -0.2) is 47.6 Å². The molecule has 168 valence electrons. The first-order valence-corrected chi connectivity index (χ1v) is 10.1. The number of benzene rings is 1. The van der Waals surface area contributed by atoms with Gasteiger partial charge in [0.05, 0.1) is 19.2 Å². The first-order chi connectivity index (χ1) is 15.1. The van der Waals surface area contributed by atoms with Crippen LogP contribution in [0.15, 0.2) is 42.7 Å². The maximum atomic E-state index is 12.8. The zero-order valence-electron chi connectivity index (χ0n) is 18.4. The molecule has 0 spiro atoms. The summed E-state index contributed by atoms with van der Waals surface area (Å²) in [6, 6.07) is 7.25. The Morgan fingerprint density at radius 3 is 2.47 bits per heavy atom. The van der Waals surface area contributed by atoms with Crippen molar-refractivity contribution in [3.05, 3.63) is 59.4 Å². The second kappa shape index (κ2) is 9.17. The number of alkyl carbamates (subject to hydrolysis) is 1. The van der Waals surface area contributed by atoms with E-state index in [9.17, 15) is 19.2 Å². The summed E-state index contributed by atoms with van der Waals surface area (Å²) in [6.07, 6.45) is 2.53. The van der Waals surface area contributed by atoms with Crippen LogP contribution in [0.25, 0.3) is 0 Å². The summed E-state index contributed by atoms with van der Waals surface area (Å²) in [6.45, 7) is 5.16. The average molecular weight is 439 g/mol. The number of rotatable bonds is 5. The average Bonchev–Trinajstić information content (AvgIpc) is 2.72. The number of carbonyl (C=O) groups is 4. The van der Waals surface area contributed by atoms with Crippen molar-refractivity contribution in [1.82, 2.24) is 10.3 Å². The molecule has 1 atom stereocenters. The van der Waals surface area contributed by atoms with Crippen molar-refractivity contribution in [1.29, 1.82) is 0 Å². The second-order valence-electron chi connectivity index (χ2n) is 8.34. The highest BCUT2D eigenvalue weighted by Crippen LogP contribution is 2.25. The van der Waals surface area contributed by atoms with Crippen LogP contribution in [0.2, 0.25) is 0 Å². The zero-order valence-corrected chi connectivity index (χ0v) is 18.4. The van der Waals surface area contributed by atoms with Crippen LogP contribution in [0.3, 0.4) is 0 Å². The van der Waals surface area contributed by atoms with Crippen LogP contribution in [0.5, 0.6) is 0 Å². The molecule has 0 aliphatic carbocycles. The van der Waals surface area contributed by atoms with Gasteiger partial charge >= 0.3 is 12.1 Å². The first kappa shape index (κ1) is 22.9. The number of carbonyl (C=O) groups excluding carboxylic acids is 4. The lowest BCUT2D eigenvalue weighted by Crippen LogP contribution is -2.45. The molecule has 1 aliphatic rings. The zero-order chi connectivity index (χ0) is 23.5. The van der Waals surface area contributed by atoms with Gasteiger partial charge in [0.2, 0.25) is 5.91 Å². The fourth-order valence-corrected chi connectivity index (χ4v) is 3.32. The predicted octanol–water partition coefficient (Wildman–Crippen LogP) is 2.42. The van der Waals surface area contributed by atoms with E-state index >= 15 is 0 Å². The lowest BCUT2D eigenvalue weighted by molar-refractivity contribution is -0.143. The van der Waals surface area contributed by atoms with Gasteiger partial charge in [0.25, 0.3) is 5.91 Å². The highest BCUT2D eigenvalue weighted by atomic mass is 16.6. The standard InChI is InChI=1S/C23H25N3O6/c1-23(2,3)32-22(30)25-18(21(29)31-4)11-14-5-7-16(8-6-14)26-19(27)12-15-13-24-10-9-17(15)20(26)28/h5-10,13,18H,11-12H2,1-4H3,(H,25,30)/t18-/m0/s1. The van der Waals surface area contributed by atoms with Gasteiger partial charge in [-0.05, 0) is 50.1 Å². The van der Waals surface area contributed by atoms with E-state index in [4.69, 9.17) is 9.47 Å². The number of methoxy groups -OCH3 is 1.